The summed E-state index contributed by atoms with van der Waals surface area (Å²) < 4.78 is 1.17. The zero-order valence-electron chi connectivity index (χ0n) is 10.5. The average molecular weight is 297 g/mol. The molecular formula is C14H21BrN2. The molecule has 0 spiro atoms. The lowest BCUT2D eigenvalue weighted by Crippen LogP contribution is -2.32. The van der Waals surface area contributed by atoms with Gasteiger partial charge in [0, 0.05) is 22.7 Å². The van der Waals surface area contributed by atoms with Gasteiger partial charge < -0.3 is 5.73 Å². The predicted octanol–water partition coefficient (Wildman–Crippen LogP) is 3.80. The van der Waals surface area contributed by atoms with E-state index in [-0.39, 0.29) is 0 Å². The van der Waals surface area contributed by atoms with Crippen LogP contribution in [0.3, 0.4) is 0 Å². The number of nitrogen functional groups attached to an aromatic ring is 1. The van der Waals surface area contributed by atoms with Gasteiger partial charge in [-0.2, -0.15) is 0 Å². The van der Waals surface area contributed by atoms with Crippen molar-refractivity contribution in [3.63, 3.8) is 0 Å². The molecule has 1 aromatic carbocycles. The smallest absolute Gasteiger partial charge is 0.0318 e. The highest BCUT2D eigenvalue weighted by molar-refractivity contribution is 9.10. The van der Waals surface area contributed by atoms with Gasteiger partial charge in [-0.05, 0) is 43.1 Å². The molecule has 0 aliphatic heterocycles. The quantitative estimate of drug-likeness (QED) is 0.857. The fourth-order valence-corrected chi connectivity index (χ4v) is 3.08. The highest BCUT2D eigenvalue weighted by Crippen LogP contribution is 2.27. The molecule has 1 aliphatic rings. The highest BCUT2D eigenvalue weighted by Gasteiger charge is 2.21. The van der Waals surface area contributed by atoms with Crippen LogP contribution in [0, 0.1) is 0 Å². The Balaban J connectivity index is 2.09. The monoisotopic (exact) mass is 296 g/mol. The van der Waals surface area contributed by atoms with Crippen LogP contribution in [0.1, 0.15) is 38.2 Å². The summed E-state index contributed by atoms with van der Waals surface area (Å²) in [6, 6.07) is 6.85. The number of nitrogens with two attached hydrogens (primary N) is 1. The van der Waals surface area contributed by atoms with Crippen molar-refractivity contribution in [3.8, 4) is 0 Å². The first-order valence-electron chi connectivity index (χ1n) is 6.48. The molecule has 17 heavy (non-hydrogen) atoms. The Kier molecular flexibility index (Phi) is 4.46. The van der Waals surface area contributed by atoms with E-state index in [9.17, 15) is 0 Å². The molecule has 0 amide bonds. The van der Waals surface area contributed by atoms with Gasteiger partial charge in [0.15, 0.2) is 0 Å². The van der Waals surface area contributed by atoms with Gasteiger partial charge in [-0.15, -0.1) is 0 Å². The molecule has 0 radical (unpaired) electrons. The third-order valence-electron chi connectivity index (χ3n) is 3.69. The van der Waals surface area contributed by atoms with Gasteiger partial charge in [-0.1, -0.05) is 35.7 Å². The maximum atomic E-state index is 5.86. The summed E-state index contributed by atoms with van der Waals surface area (Å²) in [4.78, 5) is 2.58. The van der Waals surface area contributed by atoms with E-state index >= 15 is 0 Å². The third-order valence-corrected chi connectivity index (χ3v) is 4.46. The Morgan fingerprint density at radius 1 is 1.35 bits per heavy atom. The molecule has 0 aromatic heterocycles. The maximum Gasteiger partial charge on any atom is 0.0318 e. The van der Waals surface area contributed by atoms with Gasteiger partial charge in [-0.25, -0.2) is 0 Å². The molecular weight excluding hydrogens is 276 g/mol. The highest BCUT2D eigenvalue weighted by atomic mass is 79.9. The summed E-state index contributed by atoms with van der Waals surface area (Å²) in [5.41, 5.74) is 8.02. The Morgan fingerprint density at radius 3 is 2.71 bits per heavy atom. The summed E-state index contributed by atoms with van der Waals surface area (Å²) in [6.07, 6.45) is 5.49. The van der Waals surface area contributed by atoms with Gasteiger partial charge in [0.2, 0.25) is 0 Å². The summed E-state index contributed by atoms with van der Waals surface area (Å²) in [5.74, 6) is 0. The average Bonchev–Trinajstić information content (AvgIpc) is 2.84. The van der Waals surface area contributed by atoms with E-state index in [0.717, 1.165) is 24.8 Å². The van der Waals surface area contributed by atoms with Crippen LogP contribution in [-0.4, -0.2) is 17.5 Å². The van der Waals surface area contributed by atoms with E-state index in [1.165, 1.54) is 35.7 Å². The number of hydrogen-bond donors (Lipinski definition) is 1. The molecule has 94 valence electrons. The summed E-state index contributed by atoms with van der Waals surface area (Å²) >= 11 is 3.61. The molecule has 3 heteroatoms. The van der Waals surface area contributed by atoms with Gasteiger partial charge in [0.25, 0.3) is 0 Å². The molecule has 1 saturated carbocycles. The number of nitrogens with zero attached hydrogens (tertiary/aromatic N) is 1. The van der Waals surface area contributed by atoms with Gasteiger partial charge in [0.05, 0.1) is 0 Å². The molecule has 2 nitrogen and oxygen atoms in total. The molecule has 0 atom stereocenters. The van der Waals surface area contributed by atoms with Gasteiger partial charge in [-0.3, -0.25) is 4.90 Å². The lowest BCUT2D eigenvalue weighted by Gasteiger charge is -2.27. The van der Waals surface area contributed by atoms with Crippen LogP contribution in [0.15, 0.2) is 22.7 Å². The second-order valence-corrected chi connectivity index (χ2v) is 5.71. The van der Waals surface area contributed by atoms with Crippen molar-refractivity contribution < 1.29 is 0 Å². The van der Waals surface area contributed by atoms with Crippen molar-refractivity contribution in [2.45, 2.75) is 45.2 Å². The number of benzene rings is 1. The topological polar surface area (TPSA) is 29.3 Å². The van der Waals surface area contributed by atoms with Crippen LogP contribution < -0.4 is 5.73 Å². The molecule has 0 heterocycles. The van der Waals surface area contributed by atoms with Crippen molar-refractivity contribution in [2.75, 3.05) is 12.3 Å². The van der Waals surface area contributed by atoms with E-state index in [1.54, 1.807) is 0 Å². The molecule has 2 N–H and O–H groups in total. The molecule has 2 rings (SSSR count). The molecule has 1 aromatic rings. The van der Waals surface area contributed by atoms with Crippen molar-refractivity contribution in [3.05, 3.63) is 28.2 Å². The molecule has 1 fully saturated rings. The molecule has 0 bridgehead atoms. The van der Waals surface area contributed by atoms with E-state index < -0.39 is 0 Å². The minimum absolute atomic E-state index is 0.772. The predicted molar refractivity (Wildman–Crippen MR) is 76.9 cm³/mol. The lowest BCUT2D eigenvalue weighted by atomic mass is 10.1. The second-order valence-electron chi connectivity index (χ2n) is 4.85. The zero-order valence-corrected chi connectivity index (χ0v) is 12.0. The summed E-state index contributed by atoms with van der Waals surface area (Å²) in [6.45, 7) is 4.37. The Labute approximate surface area is 112 Å². The number of rotatable bonds is 4. The SMILES string of the molecule is CCN(Cc1cc(N)ccc1Br)C1CCCC1. The lowest BCUT2D eigenvalue weighted by molar-refractivity contribution is 0.200. The first-order chi connectivity index (χ1) is 8.20. The van der Waals surface area contributed by atoms with Gasteiger partial charge >= 0.3 is 0 Å². The van der Waals surface area contributed by atoms with E-state index in [1.807, 2.05) is 12.1 Å². The van der Waals surface area contributed by atoms with Crippen LogP contribution in [0.2, 0.25) is 0 Å². The van der Waals surface area contributed by atoms with Crippen molar-refractivity contribution in [1.29, 1.82) is 0 Å². The molecule has 0 saturated heterocycles. The van der Waals surface area contributed by atoms with Gasteiger partial charge in [0.1, 0.15) is 0 Å². The van der Waals surface area contributed by atoms with Crippen LogP contribution in [0.25, 0.3) is 0 Å². The third kappa shape index (κ3) is 3.23. The first-order valence-corrected chi connectivity index (χ1v) is 7.28. The van der Waals surface area contributed by atoms with Crippen molar-refractivity contribution in [1.82, 2.24) is 4.90 Å². The van der Waals surface area contributed by atoms with Crippen LogP contribution in [0.4, 0.5) is 5.69 Å². The van der Waals surface area contributed by atoms with E-state index in [2.05, 4.69) is 33.8 Å². The minimum Gasteiger partial charge on any atom is -0.399 e. The fourth-order valence-electron chi connectivity index (χ4n) is 2.70. The van der Waals surface area contributed by atoms with Crippen molar-refractivity contribution in [2.24, 2.45) is 0 Å². The standard InChI is InChI=1S/C14H21BrN2/c1-2-17(13-5-3-4-6-13)10-11-9-12(16)7-8-14(11)15/h7-9,13H,2-6,10,16H2,1H3. The maximum absolute atomic E-state index is 5.86. The number of halogens is 1. The molecule has 0 unspecified atom stereocenters. The minimum atomic E-state index is 0.772. The van der Waals surface area contributed by atoms with Crippen LogP contribution >= 0.6 is 15.9 Å². The largest absolute Gasteiger partial charge is 0.399 e. The Bertz CT molecular complexity index is 372. The fraction of sp³-hybridized carbons (Fsp3) is 0.571. The summed E-state index contributed by atoms with van der Waals surface area (Å²) in [5, 5.41) is 0. The van der Waals surface area contributed by atoms with Crippen LogP contribution in [-0.2, 0) is 6.54 Å². The zero-order chi connectivity index (χ0) is 12.3. The summed E-state index contributed by atoms with van der Waals surface area (Å²) in [7, 11) is 0. The van der Waals surface area contributed by atoms with E-state index in [4.69, 9.17) is 5.73 Å². The Hall–Kier alpha value is -0.540. The molecule has 1 aliphatic carbocycles. The second kappa shape index (κ2) is 5.87. The normalized spacial score (nSPS) is 16.9. The number of anilines is 1. The Morgan fingerprint density at radius 2 is 2.06 bits per heavy atom. The van der Waals surface area contributed by atoms with E-state index in [0.29, 0.717) is 0 Å². The first kappa shape index (κ1) is 12.9. The number of hydrogen-bond acceptors (Lipinski definition) is 2. The van der Waals surface area contributed by atoms with Crippen molar-refractivity contribution >= 4 is 21.6 Å². The van der Waals surface area contributed by atoms with Crippen LogP contribution in [0.5, 0.6) is 0 Å².